The Bertz CT molecular complexity index is 316. The van der Waals surface area contributed by atoms with Gasteiger partial charge in [0.25, 0.3) is 0 Å². The Morgan fingerprint density at radius 3 is 1.86 bits per heavy atom. The molecule has 0 aliphatic heterocycles. The SMILES string of the molecule is CC(C)CCC(=O)CCCCC[C@H](CC(C)C)C(=O)C(C)C. The van der Waals surface area contributed by atoms with Gasteiger partial charge in [-0.15, -0.1) is 0 Å². The van der Waals surface area contributed by atoms with Crippen molar-refractivity contribution in [2.24, 2.45) is 23.7 Å². The van der Waals surface area contributed by atoms with Crippen LogP contribution in [0.15, 0.2) is 0 Å². The van der Waals surface area contributed by atoms with Gasteiger partial charge in [0.15, 0.2) is 0 Å². The Kier molecular flexibility index (Phi) is 11.5. The van der Waals surface area contributed by atoms with Crippen LogP contribution < -0.4 is 0 Å². The second-order valence-electron chi connectivity index (χ2n) is 7.95. The number of carbonyl (C=O) groups excluding carboxylic acids is 2. The molecule has 1 atom stereocenters. The molecule has 0 spiro atoms. The van der Waals surface area contributed by atoms with Crippen molar-refractivity contribution >= 4 is 11.6 Å². The predicted octanol–water partition coefficient (Wildman–Crippen LogP) is 5.83. The van der Waals surface area contributed by atoms with Gasteiger partial charge in [-0.1, -0.05) is 54.4 Å². The monoisotopic (exact) mass is 310 g/mol. The van der Waals surface area contributed by atoms with E-state index in [0.717, 1.165) is 51.4 Å². The minimum atomic E-state index is 0.140. The first kappa shape index (κ1) is 21.3. The largest absolute Gasteiger partial charge is 0.300 e. The summed E-state index contributed by atoms with van der Waals surface area (Å²) >= 11 is 0. The van der Waals surface area contributed by atoms with Crippen molar-refractivity contribution in [3.63, 3.8) is 0 Å². The van der Waals surface area contributed by atoms with Crippen molar-refractivity contribution in [3.8, 4) is 0 Å². The maximum atomic E-state index is 12.2. The van der Waals surface area contributed by atoms with Crippen molar-refractivity contribution in [3.05, 3.63) is 0 Å². The lowest BCUT2D eigenvalue weighted by atomic mass is 9.84. The van der Waals surface area contributed by atoms with E-state index in [4.69, 9.17) is 0 Å². The summed E-state index contributed by atoms with van der Waals surface area (Å²) in [6, 6.07) is 0. The smallest absolute Gasteiger partial charge is 0.138 e. The van der Waals surface area contributed by atoms with Gasteiger partial charge in [0.2, 0.25) is 0 Å². The van der Waals surface area contributed by atoms with Gasteiger partial charge in [0.05, 0.1) is 0 Å². The van der Waals surface area contributed by atoms with Crippen LogP contribution in [0.4, 0.5) is 0 Å². The normalized spacial score (nSPS) is 13.1. The van der Waals surface area contributed by atoms with Crippen molar-refractivity contribution in [2.75, 3.05) is 0 Å². The third-order valence-electron chi connectivity index (χ3n) is 4.24. The molecule has 0 fully saturated rings. The molecule has 22 heavy (non-hydrogen) atoms. The highest BCUT2D eigenvalue weighted by Gasteiger charge is 2.21. The zero-order valence-electron chi connectivity index (χ0n) is 15.8. The van der Waals surface area contributed by atoms with Gasteiger partial charge in [-0.05, 0) is 37.5 Å². The van der Waals surface area contributed by atoms with E-state index in [1.54, 1.807) is 0 Å². The first-order valence-corrected chi connectivity index (χ1v) is 9.29. The predicted molar refractivity (Wildman–Crippen MR) is 95.0 cm³/mol. The summed E-state index contributed by atoms with van der Waals surface area (Å²) in [7, 11) is 0. The maximum Gasteiger partial charge on any atom is 0.138 e. The number of rotatable bonds is 13. The summed E-state index contributed by atoms with van der Waals surface area (Å²) in [4.78, 5) is 24.0. The van der Waals surface area contributed by atoms with Crippen LogP contribution in [0.25, 0.3) is 0 Å². The van der Waals surface area contributed by atoms with Crippen molar-refractivity contribution < 1.29 is 9.59 Å². The first-order chi connectivity index (χ1) is 10.2. The number of Topliss-reactive ketones (excluding diaryl/α,β-unsaturated/α-hetero) is 2. The van der Waals surface area contributed by atoms with Crippen LogP contribution in [0, 0.1) is 23.7 Å². The number of hydrogen-bond donors (Lipinski definition) is 0. The van der Waals surface area contributed by atoms with E-state index in [2.05, 4.69) is 27.7 Å². The standard InChI is InChI=1S/C20H38O2/c1-15(2)12-13-19(21)11-9-7-8-10-18(14-16(3)4)20(22)17(5)6/h15-18H,7-14H2,1-6H3/t18-/m1/s1. The van der Waals surface area contributed by atoms with E-state index in [1.807, 2.05) is 13.8 Å². The lowest BCUT2D eigenvalue weighted by molar-refractivity contribution is -0.126. The van der Waals surface area contributed by atoms with Crippen molar-refractivity contribution in [2.45, 2.75) is 92.9 Å². The fourth-order valence-electron chi connectivity index (χ4n) is 2.88. The highest BCUT2D eigenvalue weighted by atomic mass is 16.1. The molecule has 2 heteroatoms. The lowest BCUT2D eigenvalue weighted by Crippen LogP contribution is -2.21. The topological polar surface area (TPSA) is 34.1 Å². The van der Waals surface area contributed by atoms with Gasteiger partial charge < -0.3 is 0 Å². The average molecular weight is 311 g/mol. The molecular weight excluding hydrogens is 272 g/mol. The first-order valence-electron chi connectivity index (χ1n) is 9.29. The van der Waals surface area contributed by atoms with Crippen LogP contribution in [0.2, 0.25) is 0 Å². The Hall–Kier alpha value is -0.660. The molecule has 0 heterocycles. The molecule has 0 bridgehead atoms. The second kappa shape index (κ2) is 11.8. The Morgan fingerprint density at radius 1 is 0.727 bits per heavy atom. The summed E-state index contributed by atoms with van der Waals surface area (Å²) < 4.78 is 0. The zero-order chi connectivity index (χ0) is 17.1. The Morgan fingerprint density at radius 2 is 1.36 bits per heavy atom. The van der Waals surface area contributed by atoms with E-state index >= 15 is 0 Å². The highest BCUT2D eigenvalue weighted by Crippen LogP contribution is 2.23. The van der Waals surface area contributed by atoms with Crippen LogP contribution in [0.3, 0.4) is 0 Å². The molecule has 0 aliphatic rings. The third-order valence-corrected chi connectivity index (χ3v) is 4.24. The Balaban J connectivity index is 3.93. The number of carbonyl (C=O) groups is 2. The summed E-state index contributed by atoms with van der Waals surface area (Å²) in [5, 5.41) is 0. The molecule has 2 nitrogen and oxygen atoms in total. The lowest BCUT2D eigenvalue weighted by Gasteiger charge is -2.19. The molecule has 0 saturated carbocycles. The van der Waals surface area contributed by atoms with Crippen LogP contribution >= 0.6 is 0 Å². The van der Waals surface area contributed by atoms with E-state index in [0.29, 0.717) is 23.4 Å². The van der Waals surface area contributed by atoms with Crippen molar-refractivity contribution in [1.29, 1.82) is 0 Å². The summed E-state index contributed by atoms with van der Waals surface area (Å²) in [5.41, 5.74) is 0. The number of unbranched alkanes of at least 4 members (excludes halogenated alkanes) is 2. The minimum Gasteiger partial charge on any atom is -0.300 e. The average Bonchev–Trinajstić information content (AvgIpc) is 2.42. The fraction of sp³-hybridized carbons (Fsp3) is 0.900. The number of hydrogen-bond acceptors (Lipinski definition) is 2. The summed E-state index contributed by atoms with van der Waals surface area (Å²) in [6.07, 6.45) is 7.61. The van der Waals surface area contributed by atoms with E-state index < -0.39 is 0 Å². The molecule has 0 aromatic heterocycles. The van der Waals surface area contributed by atoms with E-state index in [-0.39, 0.29) is 11.8 Å². The van der Waals surface area contributed by atoms with Gasteiger partial charge in [0.1, 0.15) is 11.6 Å². The van der Waals surface area contributed by atoms with E-state index in [9.17, 15) is 9.59 Å². The highest BCUT2D eigenvalue weighted by molar-refractivity contribution is 5.82. The third kappa shape index (κ3) is 11.0. The summed E-state index contributed by atoms with van der Waals surface area (Å²) in [6.45, 7) is 12.7. The molecule has 0 unspecified atom stereocenters. The quantitative estimate of drug-likeness (QED) is 0.401. The molecule has 130 valence electrons. The molecule has 0 aromatic carbocycles. The molecule has 0 aliphatic carbocycles. The van der Waals surface area contributed by atoms with Gasteiger partial charge in [-0.25, -0.2) is 0 Å². The maximum absolute atomic E-state index is 12.2. The van der Waals surface area contributed by atoms with E-state index in [1.165, 1.54) is 0 Å². The molecule has 0 saturated heterocycles. The van der Waals surface area contributed by atoms with Gasteiger partial charge in [0, 0.05) is 24.7 Å². The molecule has 0 rings (SSSR count). The number of ketones is 2. The molecule has 0 radical (unpaired) electrons. The van der Waals surface area contributed by atoms with Crippen molar-refractivity contribution in [1.82, 2.24) is 0 Å². The van der Waals surface area contributed by atoms with Crippen LogP contribution in [0.5, 0.6) is 0 Å². The molecular formula is C20H38O2. The van der Waals surface area contributed by atoms with Gasteiger partial charge in [-0.3, -0.25) is 9.59 Å². The van der Waals surface area contributed by atoms with Crippen LogP contribution in [-0.4, -0.2) is 11.6 Å². The van der Waals surface area contributed by atoms with Gasteiger partial charge in [-0.2, -0.15) is 0 Å². The molecule has 0 aromatic rings. The fourth-order valence-corrected chi connectivity index (χ4v) is 2.88. The van der Waals surface area contributed by atoms with Crippen LogP contribution in [0.1, 0.15) is 92.9 Å². The van der Waals surface area contributed by atoms with Gasteiger partial charge >= 0.3 is 0 Å². The molecule has 0 amide bonds. The Labute approximate surface area is 138 Å². The zero-order valence-corrected chi connectivity index (χ0v) is 15.8. The van der Waals surface area contributed by atoms with Crippen LogP contribution in [-0.2, 0) is 9.59 Å². The summed E-state index contributed by atoms with van der Waals surface area (Å²) in [5.74, 6) is 2.37. The minimum absolute atomic E-state index is 0.140. The molecule has 0 N–H and O–H groups in total. The second-order valence-corrected chi connectivity index (χ2v) is 7.95.